The molecule has 32 heavy (non-hydrogen) atoms. The monoisotopic (exact) mass is 429 g/mol. The van der Waals surface area contributed by atoms with Crippen LogP contribution in [0.15, 0.2) is 58.1 Å². The molecule has 0 spiro atoms. The summed E-state index contributed by atoms with van der Waals surface area (Å²) in [7, 11) is 1.69. The van der Waals surface area contributed by atoms with Gasteiger partial charge in [-0.3, -0.25) is 13.9 Å². The van der Waals surface area contributed by atoms with Crippen molar-refractivity contribution in [2.75, 3.05) is 11.4 Å². The number of aryl methyl sites for hydroxylation is 3. The Labute approximate surface area is 186 Å². The summed E-state index contributed by atoms with van der Waals surface area (Å²) in [4.78, 5) is 33.7. The van der Waals surface area contributed by atoms with Crippen molar-refractivity contribution in [2.24, 2.45) is 13.0 Å². The van der Waals surface area contributed by atoms with Crippen LogP contribution in [0.3, 0.4) is 0 Å². The fraction of sp³-hybridized carbons (Fsp3) is 0.320. The van der Waals surface area contributed by atoms with Crippen molar-refractivity contribution in [3.05, 3.63) is 86.1 Å². The topological polar surface area (TPSA) is 65.1 Å². The minimum atomic E-state index is -0.351. The highest BCUT2D eigenvalue weighted by Gasteiger charge is 2.30. The first kappa shape index (κ1) is 20.3. The fourth-order valence-electron chi connectivity index (χ4n) is 4.62. The van der Waals surface area contributed by atoms with E-state index in [9.17, 15) is 9.59 Å². The quantitative estimate of drug-likeness (QED) is 0.501. The van der Waals surface area contributed by atoms with Crippen LogP contribution >= 0.6 is 0 Å². The van der Waals surface area contributed by atoms with Crippen LogP contribution < -0.4 is 16.1 Å². The number of anilines is 2. The van der Waals surface area contributed by atoms with E-state index in [-0.39, 0.29) is 17.8 Å². The maximum Gasteiger partial charge on any atom is 0.332 e. The van der Waals surface area contributed by atoms with Gasteiger partial charge in [-0.1, -0.05) is 43.3 Å². The third-order valence-electron chi connectivity index (χ3n) is 6.35. The van der Waals surface area contributed by atoms with Crippen LogP contribution in [0.5, 0.6) is 0 Å². The average Bonchev–Trinajstić information content (AvgIpc) is 3.15. The van der Waals surface area contributed by atoms with Gasteiger partial charge in [0.25, 0.3) is 5.56 Å². The summed E-state index contributed by atoms with van der Waals surface area (Å²) < 4.78 is 4.82. The molecule has 0 saturated carbocycles. The molecule has 0 bridgehead atoms. The second kappa shape index (κ2) is 7.51. The van der Waals surface area contributed by atoms with Crippen molar-refractivity contribution in [3.8, 4) is 0 Å². The summed E-state index contributed by atoms with van der Waals surface area (Å²) in [6.45, 7) is 7.96. The van der Waals surface area contributed by atoms with Crippen molar-refractivity contribution in [2.45, 2.75) is 33.9 Å². The molecule has 0 saturated heterocycles. The first-order valence-corrected chi connectivity index (χ1v) is 10.9. The predicted molar refractivity (Wildman–Crippen MR) is 127 cm³/mol. The number of benzene rings is 2. The van der Waals surface area contributed by atoms with E-state index >= 15 is 0 Å². The molecule has 1 atom stereocenters. The maximum atomic E-state index is 13.6. The molecule has 2 aromatic carbocycles. The molecule has 2 aromatic heterocycles. The van der Waals surface area contributed by atoms with E-state index in [1.807, 2.05) is 41.8 Å². The molecule has 0 N–H and O–H groups in total. The summed E-state index contributed by atoms with van der Waals surface area (Å²) >= 11 is 0. The lowest BCUT2D eigenvalue weighted by Gasteiger charge is -2.33. The summed E-state index contributed by atoms with van der Waals surface area (Å²) in [6.07, 6.45) is 0. The molecule has 0 fully saturated rings. The SMILES string of the molecule is Cc1cccc(N2C[C@H](C)Cn3c2nc2c3c(=O)n(Cc3ccccc3C)c(=O)n2C)c1. The molecule has 1 aliphatic rings. The van der Waals surface area contributed by atoms with Crippen LogP contribution in [-0.4, -0.2) is 25.2 Å². The number of hydrogen-bond donors (Lipinski definition) is 0. The van der Waals surface area contributed by atoms with Crippen LogP contribution in [0.4, 0.5) is 11.6 Å². The zero-order chi connectivity index (χ0) is 22.6. The molecule has 3 heterocycles. The van der Waals surface area contributed by atoms with Crippen LogP contribution in [0.1, 0.15) is 23.6 Å². The molecular formula is C25H27N5O2. The summed E-state index contributed by atoms with van der Waals surface area (Å²) in [5.74, 6) is 1.03. The molecule has 5 rings (SSSR count). The van der Waals surface area contributed by atoms with Crippen molar-refractivity contribution in [3.63, 3.8) is 0 Å². The van der Waals surface area contributed by atoms with E-state index in [2.05, 4.69) is 36.9 Å². The van der Waals surface area contributed by atoms with E-state index in [1.54, 1.807) is 7.05 Å². The maximum absolute atomic E-state index is 13.6. The van der Waals surface area contributed by atoms with Gasteiger partial charge in [-0.2, -0.15) is 4.98 Å². The Kier molecular flexibility index (Phi) is 4.77. The van der Waals surface area contributed by atoms with Gasteiger partial charge in [-0.05, 0) is 48.6 Å². The van der Waals surface area contributed by atoms with E-state index < -0.39 is 0 Å². The highest BCUT2D eigenvalue weighted by atomic mass is 16.2. The van der Waals surface area contributed by atoms with Gasteiger partial charge in [0.05, 0.1) is 6.54 Å². The van der Waals surface area contributed by atoms with Crippen molar-refractivity contribution >= 4 is 22.8 Å². The lowest BCUT2D eigenvalue weighted by atomic mass is 10.1. The predicted octanol–water partition coefficient (Wildman–Crippen LogP) is 3.35. The second-order valence-corrected chi connectivity index (χ2v) is 8.91. The molecule has 0 aliphatic carbocycles. The Bertz CT molecular complexity index is 1460. The second-order valence-electron chi connectivity index (χ2n) is 8.91. The largest absolute Gasteiger partial charge is 0.332 e. The van der Waals surface area contributed by atoms with Gasteiger partial charge < -0.3 is 9.47 Å². The van der Waals surface area contributed by atoms with E-state index in [0.717, 1.165) is 28.9 Å². The molecule has 4 aromatic rings. The highest BCUT2D eigenvalue weighted by molar-refractivity contribution is 5.77. The van der Waals surface area contributed by atoms with Gasteiger partial charge >= 0.3 is 5.69 Å². The first-order valence-electron chi connectivity index (χ1n) is 10.9. The summed E-state index contributed by atoms with van der Waals surface area (Å²) in [6, 6.07) is 16.1. The number of rotatable bonds is 3. The third kappa shape index (κ3) is 3.16. The lowest BCUT2D eigenvalue weighted by Crippen LogP contribution is -2.40. The van der Waals surface area contributed by atoms with Gasteiger partial charge in [-0.25, -0.2) is 4.79 Å². The third-order valence-corrected chi connectivity index (χ3v) is 6.35. The van der Waals surface area contributed by atoms with E-state index in [0.29, 0.717) is 29.6 Å². The smallest absolute Gasteiger partial charge is 0.312 e. The normalized spacial score (nSPS) is 15.9. The van der Waals surface area contributed by atoms with Crippen molar-refractivity contribution < 1.29 is 0 Å². The average molecular weight is 430 g/mol. The van der Waals surface area contributed by atoms with Gasteiger partial charge in [-0.15, -0.1) is 0 Å². The molecular weight excluding hydrogens is 402 g/mol. The van der Waals surface area contributed by atoms with Crippen molar-refractivity contribution in [1.82, 2.24) is 18.7 Å². The zero-order valence-corrected chi connectivity index (χ0v) is 18.9. The summed E-state index contributed by atoms with van der Waals surface area (Å²) in [5, 5.41) is 0. The van der Waals surface area contributed by atoms with Gasteiger partial charge in [0, 0.05) is 25.8 Å². The van der Waals surface area contributed by atoms with Gasteiger partial charge in [0.2, 0.25) is 5.95 Å². The van der Waals surface area contributed by atoms with Crippen LogP contribution in [-0.2, 0) is 20.1 Å². The van der Waals surface area contributed by atoms with E-state index in [4.69, 9.17) is 4.98 Å². The molecule has 7 nitrogen and oxygen atoms in total. The molecule has 0 unspecified atom stereocenters. The minimum absolute atomic E-state index is 0.242. The first-order chi connectivity index (χ1) is 15.3. The Morgan fingerprint density at radius 3 is 2.56 bits per heavy atom. The Morgan fingerprint density at radius 1 is 1.03 bits per heavy atom. The number of hydrogen-bond acceptors (Lipinski definition) is 4. The number of imidazole rings is 1. The zero-order valence-electron chi connectivity index (χ0n) is 18.9. The van der Waals surface area contributed by atoms with Crippen LogP contribution in [0.25, 0.3) is 11.2 Å². The number of aromatic nitrogens is 4. The Balaban J connectivity index is 1.74. The van der Waals surface area contributed by atoms with E-state index in [1.165, 1.54) is 9.13 Å². The standard InChI is InChI=1S/C25H27N5O2/c1-16-8-7-11-20(12-16)28-13-17(2)14-29-21-22(26-24(28)29)27(4)25(32)30(23(21)31)15-19-10-6-5-9-18(19)3/h5-12,17H,13-15H2,1-4H3/t17-/m0/s1. The molecule has 164 valence electrons. The molecule has 0 radical (unpaired) electrons. The molecule has 1 aliphatic heterocycles. The highest BCUT2D eigenvalue weighted by Crippen LogP contribution is 2.33. The molecule has 7 heteroatoms. The number of fused-ring (bicyclic) bond motifs is 3. The number of nitrogens with zero attached hydrogens (tertiary/aromatic N) is 5. The van der Waals surface area contributed by atoms with Crippen LogP contribution in [0.2, 0.25) is 0 Å². The minimum Gasteiger partial charge on any atom is -0.312 e. The van der Waals surface area contributed by atoms with Gasteiger partial charge in [0.1, 0.15) is 0 Å². The van der Waals surface area contributed by atoms with Crippen LogP contribution in [0, 0.1) is 19.8 Å². The fourth-order valence-corrected chi connectivity index (χ4v) is 4.62. The van der Waals surface area contributed by atoms with Gasteiger partial charge in [0.15, 0.2) is 11.2 Å². The summed E-state index contributed by atoms with van der Waals surface area (Å²) in [5.41, 5.74) is 4.49. The lowest BCUT2D eigenvalue weighted by molar-refractivity contribution is 0.458. The molecule has 0 amide bonds. The van der Waals surface area contributed by atoms with Crippen molar-refractivity contribution in [1.29, 1.82) is 0 Å². The Hall–Kier alpha value is -3.61. The Morgan fingerprint density at radius 2 is 1.81 bits per heavy atom.